The molecule has 3 aromatic rings. The maximum absolute atomic E-state index is 11.8. The Labute approximate surface area is 123 Å². The summed E-state index contributed by atoms with van der Waals surface area (Å²) in [5.41, 5.74) is 3.45. The van der Waals surface area contributed by atoms with Crippen LogP contribution in [0.15, 0.2) is 48.5 Å². The molecule has 2 aromatic carbocycles. The van der Waals surface area contributed by atoms with Crippen LogP contribution in [0.25, 0.3) is 22.4 Å². The number of fused-ring (bicyclic) bond motifs is 1. The molecule has 106 valence electrons. The Morgan fingerprint density at radius 3 is 2.76 bits per heavy atom. The second-order valence-electron chi connectivity index (χ2n) is 4.78. The molecule has 0 saturated carbocycles. The molecule has 3 rings (SSSR count). The molecule has 4 heteroatoms. The second kappa shape index (κ2) is 5.40. The molecule has 0 radical (unpaired) electrons. The van der Waals surface area contributed by atoms with Crippen LogP contribution in [-0.2, 0) is 11.8 Å². The SMILES string of the molecule is CCOC(=O)c1cccc(-c2nc3ccccc3n2C)c1. The highest BCUT2D eigenvalue weighted by Gasteiger charge is 2.12. The molecule has 4 nitrogen and oxygen atoms in total. The topological polar surface area (TPSA) is 44.1 Å². The summed E-state index contributed by atoms with van der Waals surface area (Å²) in [4.78, 5) is 16.5. The van der Waals surface area contributed by atoms with Gasteiger partial charge >= 0.3 is 5.97 Å². The molecule has 0 fully saturated rings. The van der Waals surface area contributed by atoms with E-state index in [-0.39, 0.29) is 5.97 Å². The Balaban J connectivity index is 2.08. The van der Waals surface area contributed by atoms with Crippen molar-refractivity contribution in [3.05, 3.63) is 54.1 Å². The fourth-order valence-electron chi connectivity index (χ4n) is 2.40. The number of ether oxygens (including phenoxy) is 1. The van der Waals surface area contributed by atoms with Crippen LogP contribution in [-0.4, -0.2) is 22.1 Å². The van der Waals surface area contributed by atoms with Crippen LogP contribution < -0.4 is 0 Å². The minimum atomic E-state index is -0.307. The van der Waals surface area contributed by atoms with Gasteiger partial charge in [-0.25, -0.2) is 9.78 Å². The summed E-state index contributed by atoms with van der Waals surface area (Å²) in [6.45, 7) is 2.17. The van der Waals surface area contributed by atoms with Crippen LogP contribution in [0.2, 0.25) is 0 Å². The van der Waals surface area contributed by atoms with Crippen LogP contribution in [0.3, 0.4) is 0 Å². The van der Waals surface area contributed by atoms with Crippen molar-refractivity contribution in [2.45, 2.75) is 6.92 Å². The van der Waals surface area contributed by atoms with Gasteiger partial charge in [0.25, 0.3) is 0 Å². The highest BCUT2D eigenvalue weighted by atomic mass is 16.5. The molecule has 0 N–H and O–H groups in total. The number of aryl methyl sites for hydroxylation is 1. The number of carbonyl (C=O) groups is 1. The Morgan fingerprint density at radius 1 is 1.19 bits per heavy atom. The summed E-state index contributed by atoms with van der Waals surface area (Å²) in [7, 11) is 1.97. The molecular weight excluding hydrogens is 264 g/mol. The Kier molecular flexibility index (Phi) is 3.44. The quantitative estimate of drug-likeness (QED) is 0.690. The maximum atomic E-state index is 11.8. The van der Waals surface area contributed by atoms with Gasteiger partial charge in [0.2, 0.25) is 0 Å². The lowest BCUT2D eigenvalue weighted by Gasteiger charge is -2.05. The Hall–Kier alpha value is -2.62. The maximum Gasteiger partial charge on any atom is 0.338 e. The molecule has 1 aromatic heterocycles. The normalized spacial score (nSPS) is 10.8. The number of rotatable bonds is 3. The van der Waals surface area contributed by atoms with Gasteiger partial charge in [-0.1, -0.05) is 24.3 Å². The van der Waals surface area contributed by atoms with Crippen LogP contribution in [0.5, 0.6) is 0 Å². The van der Waals surface area contributed by atoms with Crippen LogP contribution >= 0.6 is 0 Å². The van der Waals surface area contributed by atoms with Gasteiger partial charge < -0.3 is 9.30 Å². The Morgan fingerprint density at radius 2 is 2.00 bits per heavy atom. The molecule has 0 aliphatic rings. The summed E-state index contributed by atoms with van der Waals surface area (Å²) in [6.07, 6.45) is 0. The summed E-state index contributed by atoms with van der Waals surface area (Å²) < 4.78 is 7.07. The zero-order chi connectivity index (χ0) is 14.8. The zero-order valence-corrected chi connectivity index (χ0v) is 12.0. The smallest absolute Gasteiger partial charge is 0.338 e. The minimum Gasteiger partial charge on any atom is -0.462 e. The van der Waals surface area contributed by atoms with Gasteiger partial charge in [-0.3, -0.25) is 0 Å². The van der Waals surface area contributed by atoms with Crippen LogP contribution in [0.1, 0.15) is 17.3 Å². The first-order valence-corrected chi connectivity index (χ1v) is 6.89. The molecule has 0 unspecified atom stereocenters. The first kappa shape index (κ1) is 13.4. The summed E-state index contributed by atoms with van der Waals surface area (Å²) in [6, 6.07) is 15.3. The molecular formula is C17H16N2O2. The third-order valence-corrected chi connectivity index (χ3v) is 3.42. The molecule has 1 heterocycles. The molecule has 21 heavy (non-hydrogen) atoms. The van der Waals surface area contributed by atoms with E-state index in [2.05, 4.69) is 4.98 Å². The van der Waals surface area contributed by atoms with E-state index in [9.17, 15) is 4.79 Å². The average molecular weight is 280 g/mol. The highest BCUT2D eigenvalue weighted by Crippen LogP contribution is 2.24. The number of esters is 1. The molecule has 0 bridgehead atoms. The lowest BCUT2D eigenvalue weighted by molar-refractivity contribution is 0.0526. The number of para-hydroxylation sites is 2. The predicted molar refractivity (Wildman–Crippen MR) is 82.1 cm³/mol. The van der Waals surface area contributed by atoms with Gasteiger partial charge in [-0.05, 0) is 31.2 Å². The molecule has 0 aliphatic carbocycles. The van der Waals surface area contributed by atoms with E-state index >= 15 is 0 Å². The largest absolute Gasteiger partial charge is 0.462 e. The van der Waals surface area contributed by atoms with E-state index in [1.165, 1.54) is 0 Å². The predicted octanol–water partition coefficient (Wildman–Crippen LogP) is 3.42. The van der Waals surface area contributed by atoms with Gasteiger partial charge in [0.1, 0.15) is 5.82 Å². The number of hydrogen-bond donors (Lipinski definition) is 0. The standard InChI is InChI=1S/C17H16N2O2/c1-3-21-17(20)13-8-6-7-12(11-13)16-18-14-9-4-5-10-15(14)19(16)2/h4-11H,3H2,1-2H3. The van der Waals surface area contributed by atoms with Crippen LogP contribution in [0, 0.1) is 0 Å². The van der Waals surface area contributed by atoms with Crippen molar-refractivity contribution in [2.75, 3.05) is 6.61 Å². The van der Waals surface area contributed by atoms with E-state index in [0.717, 1.165) is 22.4 Å². The third kappa shape index (κ3) is 2.40. The highest BCUT2D eigenvalue weighted by molar-refractivity contribution is 5.91. The molecule has 0 spiro atoms. The average Bonchev–Trinajstić information content (AvgIpc) is 2.85. The van der Waals surface area contributed by atoms with E-state index < -0.39 is 0 Å². The fourth-order valence-corrected chi connectivity index (χ4v) is 2.40. The van der Waals surface area contributed by atoms with E-state index in [4.69, 9.17) is 4.74 Å². The zero-order valence-electron chi connectivity index (χ0n) is 12.0. The first-order valence-electron chi connectivity index (χ1n) is 6.89. The fraction of sp³-hybridized carbons (Fsp3) is 0.176. The van der Waals surface area contributed by atoms with Gasteiger partial charge in [-0.2, -0.15) is 0 Å². The number of hydrogen-bond acceptors (Lipinski definition) is 3. The third-order valence-electron chi connectivity index (χ3n) is 3.42. The van der Waals surface area contributed by atoms with E-state index in [1.54, 1.807) is 13.0 Å². The monoisotopic (exact) mass is 280 g/mol. The number of nitrogens with zero attached hydrogens (tertiary/aromatic N) is 2. The molecule has 0 atom stereocenters. The first-order chi connectivity index (χ1) is 10.2. The van der Waals surface area contributed by atoms with Crippen molar-refractivity contribution in [1.82, 2.24) is 9.55 Å². The molecule has 0 aliphatic heterocycles. The summed E-state index contributed by atoms with van der Waals surface area (Å²) in [5, 5.41) is 0. The van der Waals surface area contributed by atoms with Gasteiger partial charge in [-0.15, -0.1) is 0 Å². The summed E-state index contributed by atoms with van der Waals surface area (Å²) >= 11 is 0. The minimum absolute atomic E-state index is 0.307. The van der Waals surface area contributed by atoms with Gasteiger partial charge in [0.15, 0.2) is 0 Å². The van der Waals surface area contributed by atoms with Crippen molar-refractivity contribution in [1.29, 1.82) is 0 Å². The number of carbonyl (C=O) groups excluding carboxylic acids is 1. The van der Waals surface area contributed by atoms with E-state index in [1.807, 2.05) is 54.1 Å². The van der Waals surface area contributed by atoms with Crippen molar-refractivity contribution in [3.63, 3.8) is 0 Å². The van der Waals surface area contributed by atoms with Crippen LogP contribution in [0.4, 0.5) is 0 Å². The molecule has 0 saturated heterocycles. The van der Waals surface area contributed by atoms with Crippen molar-refractivity contribution in [3.8, 4) is 11.4 Å². The van der Waals surface area contributed by atoms with Gasteiger partial charge in [0, 0.05) is 12.6 Å². The molecule has 0 amide bonds. The lowest BCUT2D eigenvalue weighted by Crippen LogP contribution is -2.04. The van der Waals surface area contributed by atoms with Gasteiger partial charge in [0.05, 0.1) is 23.2 Å². The number of aromatic nitrogens is 2. The number of benzene rings is 2. The second-order valence-corrected chi connectivity index (χ2v) is 4.78. The van der Waals surface area contributed by atoms with Crippen molar-refractivity contribution in [2.24, 2.45) is 7.05 Å². The van der Waals surface area contributed by atoms with E-state index in [0.29, 0.717) is 12.2 Å². The Bertz CT molecular complexity index is 805. The summed E-state index contributed by atoms with van der Waals surface area (Å²) in [5.74, 6) is 0.528. The van der Waals surface area contributed by atoms with Crippen molar-refractivity contribution < 1.29 is 9.53 Å². The van der Waals surface area contributed by atoms with Crippen molar-refractivity contribution >= 4 is 17.0 Å². The number of imidazole rings is 1. The lowest BCUT2D eigenvalue weighted by atomic mass is 10.1.